The predicted octanol–water partition coefficient (Wildman–Crippen LogP) is 0.817. The zero-order valence-corrected chi connectivity index (χ0v) is 7.53. The number of rotatable bonds is 1. The maximum atomic E-state index is 12.8. The minimum Gasteiger partial charge on any atom is -0.539 e. The molecule has 2 aromatic rings. The third kappa shape index (κ3) is 1.54. The van der Waals surface area contributed by atoms with E-state index < -0.39 is 11.8 Å². The fourth-order valence-electron chi connectivity index (χ4n) is 0.980. The molecule has 6 heteroatoms. The Bertz CT molecular complexity index is 472. The Labute approximate surface area is 83.1 Å². The summed E-state index contributed by atoms with van der Waals surface area (Å²) in [7, 11) is 0. The predicted molar refractivity (Wildman–Crippen MR) is 42.4 cm³/mol. The molecule has 1 aromatic heterocycles. The second-order valence-corrected chi connectivity index (χ2v) is 2.97. The first-order valence-electron chi connectivity index (χ1n) is 3.68. The van der Waals surface area contributed by atoms with Gasteiger partial charge in [-0.15, -0.1) is 0 Å². The van der Waals surface area contributed by atoms with Crippen molar-refractivity contribution in [2.24, 2.45) is 0 Å². The molecule has 4 nitrogen and oxygen atoms in total. The van der Waals surface area contributed by atoms with E-state index in [1.165, 1.54) is 22.9 Å². The number of nitrogens with zero attached hydrogens (tertiary/aromatic N) is 2. The van der Waals surface area contributed by atoms with E-state index in [0.29, 0.717) is 5.69 Å². The SMILES string of the molecule is [O-]c1c[n+](-c2ccc(F)c(Cl)c2)no1. The normalized spacial score (nSPS) is 10.4. The molecule has 0 radical (unpaired) electrons. The second-order valence-electron chi connectivity index (χ2n) is 2.56. The van der Waals surface area contributed by atoms with Gasteiger partial charge < -0.3 is 9.63 Å². The van der Waals surface area contributed by atoms with E-state index in [0.717, 1.165) is 6.20 Å². The highest BCUT2D eigenvalue weighted by Gasteiger charge is 2.11. The van der Waals surface area contributed by atoms with E-state index in [9.17, 15) is 9.50 Å². The summed E-state index contributed by atoms with van der Waals surface area (Å²) in [5, 5.41) is 14.0. The van der Waals surface area contributed by atoms with Gasteiger partial charge in [-0.25, -0.2) is 4.39 Å². The van der Waals surface area contributed by atoms with Crippen molar-refractivity contribution in [1.82, 2.24) is 5.27 Å². The molecule has 0 aliphatic heterocycles. The van der Waals surface area contributed by atoms with E-state index >= 15 is 0 Å². The quantitative estimate of drug-likeness (QED) is 0.661. The number of hydrogen-bond acceptors (Lipinski definition) is 3. The summed E-state index contributed by atoms with van der Waals surface area (Å²) in [6.07, 6.45) is 1.13. The smallest absolute Gasteiger partial charge is 0.241 e. The molecule has 0 aliphatic carbocycles. The van der Waals surface area contributed by atoms with E-state index in [1.54, 1.807) is 0 Å². The first-order chi connectivity index (χ1) is 6.66. The number of aromatic nitrogens is 2. The molecule has 0 bridgehead atoms. The molecule has 0 saturated heterocycles. The van der Waals surface area contributed by atoms with Crippen LogP contribution < -0.4 is 9.79 Å². The van der Waals surface area contributed by atoms with Gasteiger partial charge in [0.15, 0.2) is 0 Å². The Balaban J connectivity index is 2.47. The van der Waals surface area contributed by atoms with Gasteiger partial charge in [-0.1, -0.05) is 11.6 Å². The summed E-state index contributed by atoms with van der Waals surface area (Å²) in [6.45, 7) is 0. The number of halogens is 2. The van der Waals surface area contributed by atoms with Crippen molar-refractivity contribution in [2.45, 2.75) is 0 Å². The molecule has 72 valence electrons. The topological polar surface area (TPSA) is 53.0 Å². The Morgan fingerprint density at radius 1 is 1.50 bits per heavy atom. The average Bonchev–Trinajstić information content (AvgIpc) is 2.57. The molecule has 2 rings (SSSR count). The Hall–Kier alpha value is -1.62. The largest absolute Gasteiger partial charge is 0.539 e. The lowest BCUT2D eigenvalue weighted by Gasteiger charge is -1.92. The highest BCUT2D eigenvalue weighted by Crippen LogP contribution is 2.15. The van der Waals surface area contributed by atoms with Crippen LogP contribution in [0.5, 0.6) is 5.95 Å². The first kappa shape index (κ1) is 8.96. The van der Waals surface area contributed by atoms with Crippen LogP contribution in [0.2, 0.25) is 5.02 Å². The molecule has 1 heterocycles. The molecule has 0 unspecified atom stereocenters. The van der Waals surface area contributed by atoms with Crippen LogP contribution in [0, 0.1) is 5.82 Å². The Kier molecular flexibility index (Phi) is 2.09. The maximum Gasteiger partial charge on any atom is 0.241 e. The van der Waals surface area contributed by atoms with Crippen LogP contribution in [0.15, 0.2) is 28.9 Å². The van der Waals surface area contributed by atoms with Crippen molar-refractivity contribution < 1.29 is 18.7 Å². The van der Waals surface area contributed by atoms with Crippen LogP contribution in [0.1, 0.15) is 0 Å². The van der Waals surface area contributed by atoms with Crippen LogP contribution in [-0.4, -0.2) is 5.27 Å². The lowest BCUT2D eigenvalue weighted by molar-refractivity contribution is -0.670. The minimum atomic E-state index is -0.578. The molecule has 1 aromatic carbocycles. The van der Waals surface area contributed by atoms with Crippen molar-refractivity contribution in [2.75, 3.05) is 0 Å². The van der Waals surface area contributed by atoms with Gasteiger partial charge in [0.05, 0.1) is 10.3 Å². The summed E-state index contributed by atoms with van der Waals surface area (Å²) >= 11 is 5.55. The highest BCUT2D eigenvalue weighted by molar-refractivity contribution is 6.30. The monoisotopic (exact) mass is 214 g/mol. The van der Waals surface area contributed by atoms with Gasteiger partial charge >= 0.3 is 0 Å². The third-order valence-corrected chi connectivity index (χ3v) is 1.90. The molecular formula is C8H4ClFN2O2. The fourth-order valence-corrected chi connectivity index (χ4v) is 1.16. The summed E-state index contributed by atoms with van der Waals surface area (Å²) in [4.78, 5) is 0. The molecule has 0 atom stereocenters. The Morgan fingerprint density at radius 2 is 2.29 bits per heavy atom. The maximum absolute atomic E-state index is 12.8. The van der Waals surface area contributed by atoms with Gasteiger partial charge in [0.2, 0.25) is 11.9 Å². The van der Waals surface area contributed by atoms with E-state index in [1.807, 2.05) is 0 Å². The van der Waals surface area contributed by atoms with Crippen LogP contribution in [0.25, 0.3) is 5.69 Å². The second kappa shape index (κ2) is 3.26. The zero-order valence-electron chi connectivity index (χ0n) is 6.78. The third-order valence-electron chi connectivity index (χ3n) is 1.61. The van der Waals surface area contributed by atoms with Crippen molar-refractivity contribution in [3.05, 3.63) is 35.2 Å². The van der Waals surface area contributed by atoms with Crippen molar-refractivity contribution >= 4 is 11.6 Å². The number of hydrogen-bond donors (Lipinski definition) is 0. The van der Waals surface area contributed by atoms with Gasteiger partial charge in [-0.2, -0.15) is 0 Å². The van der Waals surface area contributed by atoms with Gasteiger partial charge in [0.25, 0.3) is 0 Å². The van der Waals surface area contributed by atoms with E-state index in [-0.39, 0.29) is 5.02 Å². The highest BCUT2D eigenvalue weighted by atomic mass is 35.5. The van der Waals surface area contributed by atoms with Gasteiger partial charge in [-0.05, 0) is 10.7 Å². The molecule has 0 saturated carbocycles. The van der Waals surface area contributed by atoms with Crippen LogP contribution in [0.3, 0.4) is 0 Å². The molecule has 0 amide bonds. The molecule has 0 fully saturated rings. The summed E-state index contributed by atoms with van der Waals surface area (Å²) < 4.78 is 18.3. The fraction of sp³-hybridized carbons (Fsp3) is 0. The zero-order chi connectivity index (χ0) is 10.1. The van der Waals surface area contributed by atoms with Gasteiger partial charge in [-0.3, -0.25) is 0 Å². The van der Waals surface area contributed by atoms with Gasteiger partial charge in [0, 0.05) is 12.1 Å². The standard InChI is InChI=1S/C8H4ClFN2O2/c9-6-3-5(1-2-7(6)10)12-4-8(13)14-11-12/h1-4H. The van der Waals surface area contributed by atoms with E-state index in [2.05, 4.69) is 9.79 Å². The molecule has 0 aliphatic rings. The van der Waals surface area contributed by atoms with Crippen molar-refractivity contribution in [3.63, 3.8) is 0 Å². The first-order valence-corrected chi connectivity index (χ1v) is 4.06. The minimum absolute atomic E-state index is 0.0366. The van der Waals surface area contributed by atoms with Crippen molar-refractivity contribution in [3.8, 4) is 11.6 Å². The lowest BCUT2D eigenvalue weighted by atomic mass is 10.3. The molecular weight excluding hydrogens is 211 g/mol. The van der Waals surface area contributed by atoms with Crippen molar-refractivity contribution in [1.29, 1.82) is 0 Å². The molecule has 14 heavy (non-hydrogen) atoms. The van der Waals surface area contributed by atoms with Crippen LogP contribution >= 0.6 is 11.6 Å². The summed E-state index contributed by atoms with van der Waals surface area (Å²) in [5.41, 5.74) is 0.460. The number of benzene rings is 1. The van der Waals surface area contributed by atoms with Crippen LogP contribution in [-0.2, 0) is 0 Å². The lowest BCUT2D eigenvalue weighted by Crippen LogP contribution is -2.31. The average molecular weight is 215 g/mol. The molecule has 0 spiro atoms. The Morgan fingerprint density at radius 3 is 2.86 bits per heavy atom. The van der Waals surface area contributed by atoms with E-state index in [4.69, 9.17) is 11.6 Å². The molecule has 0 N–H and O–H groups in total. The van der Waals surface area contributed by atoms with Gasteiger partial charge in [0.1, 0.15) is 11.8 Å². The summed E-state index contributed by atoms with van der Waals surface area (Å²) in [5.74, 6) is -1.10. The van der Waals surface area contributed by atoms with Crippen LogP contribution in [0.4, 0.5) is 4.39 Å². The summed E-state index contributed by atoms with van der Waals surface area (Å²) in [6, 6.07) is 3.96.